The average Bonchev–Trinajstić information content (AvgIpc) is 2.89. The van der Waals surface area contributed by atoms with Gasteiger partial charge < -0.3 is 14.5 Å². The van der Waals surface area contributed by atoms with E-state index in [0.29, 0.717) is 39.9 Å². The highest BCUT2D eigenvalue weighted by Crippen LogP contribution is 2.27. The van der Waals surface area contributed by atoms with Crippen molar-refractivity contribution in [2.24, 2.45) is 0 Å². The number of sulfonamides is 1. The molecule has 0 aliphatic rings. The third-order valence-corrected chi connectivity index (χ3v) is 7.05. The molecule has 176 valence electrons. The summed E-state index contributed by atoms with van der Waals surface area (Å²) in [7, 11) is -2.37. The number of hydrogen-bond donors (Lipinski definition) is 2. The van der Waals surface area contributed by atoms with Gasteiger partial charge in [-0.1, -0.05) is 36.4 Å². The lowest BCUT2D eigenvalue weighted by Crippen LogP contribution is -2.14. The number of aromatic nitrogens is 1. The second-order valence-electron chi connectivity index (χ2n) is 7.94. The van der Waals surface area contributed by atoms with E-state index in [2.05, 4.69) is 9.71 Å². The van der Waals surface area contributed by atoms with Gasteiger partial charge >= 0.3 is 0 Å². The van der Waals surface area contributed by atoms with Gasteiger partial charge in [0.05, 0.1) is 28.7 Å². The maximum Gasteiger partial charge on any atom is 0.261 e. The lowest BCUT2D eigenvalue weighted by Gasteiger charge is -2.12. The van der Waals surface area contributed by atoms with Gasteiger partial charge in [0.25, 0.3) is 10.0 Å². The number of para-hydroxylation sites is 1. The molecule has 1 heterocycles. The Labute approximate surface area is 202 Å². The number of anilines is 1. The molecular weight excluding hydrogens is 464 g/mol. The number of hydrogen-bond acceptors (Lipinski definition) is 5. The van der Waals surface area contributed by atoms with Crippen molar-refractivity contribution in [3.05, 3.63) is 107 Å². The molecule has 4 aromatic carbocycles. The monoisotopic (exact) mass is 486 g/mol. The van der Waals surface area contributed by atoms with Gasteiger partial charge in [0, 0.05) is 10.8 Å². The smallest absolute Gasteiger partial charge is 0.261 e. The summed E-state index contributed by atoms with van der Waals surface area (Å²) in [6.07, 6.45) is 0. The minimum Gasteiger partial charge on any atom is -0.497 e. The van der Waals surface area contributed by atoms with E-state index < -0.39 is 10.0 Å². The van der Waals surface area contributed by atoms with E-state index in [4.69, 9.17) is 9.47 Å². The van der Waals surface area contributed by atoms with E-state index in [-0.39, 0.29) is 16.0 Å². The number of nitrogens with one attached hydrogen (secondary N) is 2. The number of benzene rings is 4. The first-order valence-electron chi connectivity index (χ1n) is 10.9. The molecule has 0 saturated heterocycles. The maximum atomic E-state index is 13.3. The fourth-order valence-corrected chi connectivity index (χ4v) is 4.92. The Balaban J connectivity index is 1.50. The highest BCUT2D eigenvalue weighted by atomic mass is 32.2. The van der Waals surface area contributed by atoms with Gasteiger partial charge in [-0.3, -0.25) is 9.52 Å². The summed E-state index contributed by atoms with van der Waals surface area (Å²) < 4.78 is 39.5. The molecule has 7 nitrogen and oxygen atoms in total. The van der Waals surface area contributed by atoms with Gasteiger partial charge in [-0.25, -0.2) is 8.42 Å². The summed E-state index contributed by atoms with van der Waals surface area (Å²) >= 11 is 0. The van der Waals surface area contributed by atoms with Gasteiger partial charge in [-0.05, 0) is 60.2 Å². The molecule has 0 unspecified atom stereocenters. The van der Waals surface area contributed by atoms with Crippen LogP contribution in [0.3, 0.4) is 0 Å². The third kappa shape index (κ3) is 4.56. The Morgan fingerprint density at radius 3 is 2.31 bits per heavy atom. The molecule has 5 rings (SSSR count). The number of pyridine rings is 1. The molecule has 0 atom stereocenters. The van der Waals surface area contributed by atoms with E-state index >= 15 is 0 Å². The molecule has 1 aromatic heterocycles. The Morgan fingerprint density at radius 1 is 0.829 bits per heavy atom. The minimum absolute atomic E-state index is 0.0821. The molecular formula is C27H22N2O5S. The Kier molecular flexibility index (Phi) is 5.88. The fourth-order valence-electron chi connectivity index (χ4n) is 3.85. The van der Waals surface area contributed by atoms with Gasteiger partial charge in [-0.15, -0.1) is 0 Å². The molecule has 0 bridgehead atoms. The summed E-state index contributed by atoms with van der Waals surface area (Å²) in [6.45, 7) is 0.384. The van der Waals surface area contributed by atoms with Gasteiger partial charge in [-0.2, -0.15) is 0 Å². The van der Waals surface area contributed by atoms with Crippen molar-refractivity contribution >= 4 is 37.5 Å². The largest absolute Gasteiger partial charge is 0.497 e. The van der Waals surface area contributed by atoms with Crippen LogP contribution in [0.15, 0.2) is 101 Å². The van der Waals surface area contributed by atoms with E-state index in [1.54, 1.807) is 48.5 Å². The van der Waals surface area contributed by atoms with Gasteiger partial charge in [0.2, 0.25) is 0 Å². The molecule has 0 saturated carbocycles. The van der Waals surface area contributed by atoms with E-state index in [1.807, 2.05) is 30.3 Å². The predicted octanol–water partition coefficient (Wildman–Crippen LogP) is 5.07. The summed E-state index contributed by atoms with van der Waals surface area (Å²) in [4.78, 5) is 16.6. The zero-order valence-electron chi connectivity index (χ0n) is 18.8. The highest BCUT2D eigenvalue weighted by Gasteiger charge is 2.17. The van der Waals surface area contributed by atoms with Crippen LogP contribution in [0.1, 0.15) is 5.56 Å². The standard InChI is InChI=1S/C27H22N2O5S/c1-33-19-10-13-21(14-11-19)35(31,32)29-25-9-5-8-22-26(25)28-24-15-12-20(16-23(24)27(22)30)34-17-18-6-3-2-4-7-18/h2-16,29H,17H2,1H3,(H,28,30). The van der Waals surface area contributed by atoms with E-state index in [1.165, 1.54) is 19.2 Å². The van der Waals surface area contributed by atoms with Crippen LogP contribution >= 0.6 is 0 Å². The van der Waals surface area contributed by atoms with E-state index in [0.717, 1.165) is 5.56 Å². The Bertz CT molecular complexity index is 1680. The second-order valence-corrected chi connectivity index (χ2v) is 9.63. The summed E-state index contributed by atoms with van der Waals surface area (Å²) in [5.41, 5.74) is 2.06. The van der Waals surface area contributed by atoms with Gasteiger partial charge in [0.15, 0.2) is 5.43 Å². The lowest BCUT2D eigenvalue weighted by molar-refractivity contribution is 0.306. The molecule has 35 heavy (non-hydrogen) atoms. The maximum absolute atomic E-state index is 13.3. The van der Waals surface area contributed by atoms with Crippen LogP contribution < -0.4 is 19.6 Å². The molecule has 0 aliphatic heterocycles. The number of rotatable bonds is 7. The molecule has 0 amide bonds. The minimum atomic E-state index is -3.88. The van der Waals surface area contributed by atoms with Crippen LogP contribution in [0.4, 0.5) is 5.69 Å². The number of aromatic amines is 1. The number of methoxy groups -OCH3 is 1. The first-order chi connectivity index (χ1) is 16.9. The first kappa shape index (κ1) is 22.5. The van der Waals surface area contributed by atoms with Crippen LogP contribution in [0.25, 0.3) is 21.8 Å². The number of ether oxygens (including phenoxy) is 2. The number of H-pyrrole nitrogens is 1. The van der Waals surface area contributed by atoms with Crippen LogP contribution in [0.5, 0.6) is 11.5 Å². The van der Waals surface area contributed by atoms with Crippen molar-refractivity contribution in [1.82, 2.24) is 4.98 Å². The second kappa shape index (κ2) is 9.15. The molecule has 0 spiro atoms. The quantitative estimate of drug-likeness (QED) is 0.313. The van der Waals surface area contributed by atoms with Crippen LogP contribution in [-0.2, 0) is 16.6 Å². The van der Waals surface area contributed by atoms with Crippen molar-refractivity contribution < 1.29 is 17.9 Å². The third-order valence-electron chi connectivity index (χ3n) is 5.67. The normalized spacial score (nSPS) is 11.5. The van der Waals surface area contributed by atoms with Gasteiger partial charge in [0.1, 0.15) is 18.1 Å². The van der Waals surface area contributed by atoms with Crippen molar-refractivity contribution in [3.8, 4) is 11.5 Å². The number of fused-ring (bicyclic) bond motifs is 2. The average molecular weight is 487 g/mol. The SMILES string of the molecule is COc1ccc(S(=O)(=O)Nc2cccc3c(=O)c4cc(OCc5ccccc5)ccc4[nH]c23)cc1. The van der Waals surface area contributed by atoms with Crippen molar-refractivity contribution in [3.63, 3.8) is 0 Å². The molecule has 0 aliphatic carbocycles. The van der Waals surface area contributed by atoms with Crippen LogP contribution in [0.2, 0.25) is 0 Å². The zero-order chi connectivity index (χ0) is 24.4. The fraction of sp³-hybridized carbons (Fsp3) is 0.0741. The highest BCUT2D eigenvalue weighted by molar-refractivity contribution is 7.92. The predicted molar refractivity (Wildman–Crippen MR) is 137 cm³/mol. The molecule has 2 N–H and O–H groups in total. The van der Waals surface area contributed by atoms with Crippen molar-refractivity contribution in [2.75, 3.05) is 11.8 Å². The Hall–Kier alpha value is -4.30. The summed E-state index contributed by atoms with van der Waals surface area (Å²) in [5, 5.41) is 0.825. The molecule has 8 heteroatoms. The van der Waals surface area contributed by atoms with E-state index in [9.17, 15) is 13.2 Å². The first-order valence-corrected chi connectivity index (χ1v) is 12.4. The topological polar surface area (TPSA) is 97.5 Å². The van der Waals surface area contributed by atoms with Crippen molar-refractivity contribution in [2.45, 2.75) is 11.5 Å². The molecule has 0 radical (unpaired) electrons. The molecule has 0 fully saturated rings. The molecule has 5 aromatic rings. The summed E-state index contributed by atoms with van der Waals surface area (Å²) in [5.74, 6) is 1.12. The summed E-state index contributed by atoms with van der Waals surface area (Å²) in [6, 6.07) is 26.0. The van der Waals surface area contributed by atoms with Crippen LogP contribution in [-0.4, -0.2) is 20.5 Å². The zero-order valence-corrected chi connectivity index (χ0v) is 19.6. The lowest BCUT2D eigenvalue weighted by atomic mass is 10.1. The van der Waals surface area contributed by atoms with Crippen LogP contribution in [0, 0.1) is 0 Å². The van der Waals surface area contributed by atoms with Crippen molar-refractivity contribution in [1.29, 1.82) is 0 Å². The Morgan fingerprint density at radius 2 is 1.57 bits per heavy atom.